The Hall–Kier alpha value is -1.03. The predicted octanol–water partition coefficient (Wildman–Crippen LogP) is 1.24. The molecule has 2 aliphatic rings. The molecule has 0 aromatic heterocycles. The summed E-state index contributed by atoms with van der Waals surface area (Å²) in [6, 6.07) is 0. The van der Waals surface area contributed by atoms with Gasteiger partial charge >= 0.3 is 0 Å². The van der Waals surface area contributed by atoms with Crippen LogP contribution in [0.3, 0.4) is 0 Å². The van der Waals surface area contributed by atoms with E-state index in [9.17, 15) is 9.90 Å². The normalized spacial score (nSPS) is 28.0. The molecule has 3 nitrogen and oxygen atoms in total. The lowest BCUT2D eigenvalue weighted by atomic mass is 10.1. The highest BCUT2D eigenvalue weighted by atomic mass is 32.2. The number of amides is 1. The molecule has 1 atom stereocenters. The Morgan fingerprint density at radius 3 is 3.27 bits per heavy atom. The fourth-order valence-corrected chi connectivity index (χ4v) is 1.89. The van der Waals surface area contributed by atoms with Crippen LogP contribution in [0, 0.1) is 5.92 Å². The monoisotopic (exact) mass is 167 g/mol. The van der Waals surface area contributed by atoms with Crippen LogP contribution in [0.4, 0.5) is 0 Å². The highest BCUT2D eigenvalue weighted by molar-refractivity contribution is 8.16. The highest BCUT2D eigenvalue weighted by Gasteiger charge is 2.26. The fraction of sp³-hybridized carbons (Fsp3) is 0.143. The van der Waals surface area contributed by atoms with E-state index in [-0.39, 0.29) is 17.6 Å². The average Bonchev–Trinajstić information content (AvgIpc) is 2.34. The first kappa shape index (κ1) is 6.67. The summed E-state index contributed by atoms with van der Waals surface area (Å²) >= 11 is 1.38. The number of dihydropyridines is 1. The molecule has 1 unspecified atom stereocenters. The molecular weight excluding hydrogens is 162 g/mol. The molecule has 2 aliphatic heterocycles. The molecule has 56 valence electrons. The van der Waals surface area contributed by atoms with Crippen molar-refractivity contribution in [2.45, 2.75) is 0 Å². The van der Waals surface area contributed by atoms with E-state index >= 15 is 0 Å². The Morgan fingerprint density at radius 1 is 1.64 bits per heavy atom. The fourth-order valence-electron chi connectivity index (χ4n) is 1.02. The first-order chi connectivity index (χ1) is 5.27. The van der Waals surface area contributed by atoms with Crippen LogP contribution in [0.2, 0.25) is 0 Å². The van der Waals surface area contributed by atoms with Crippen LogP contribution in [0.15, 0.2) is 28.3 Å². The summed E-state index contributed by atoms with van der Waals surface area (Å²) in [6.07, 6.45) is 2.98. The van der Waals surface area contributed by atoms with Crippen LogP contribution in [0.25, 0.3) is 0 Å². The number of allylic oxidation sites excluding steroid dienone is 1. The summed E-state index contributed by atoms with van der Waals surface area (Å²) in [5.41, 5.74) is 0. The molecule has 0 aromatic carbocycles. The number of hydrogen-bond donors (Lipinski definition) is 1. The lowest BCUT2D eigenvalue weighted by Gasteiger charge is -2.10. The van der Waals surface area contributed by atoms with Crippen LogP contribution in [0.1, 0.15) is 0 Å². The number of carbonyl (C=O) groups excluding carboxylic acids is 1. The number of aliphatic imine (C=N–C) groups is 1. The van der Waals surface area contributed by atoms with Crippen molar-refractivity contribution in [3.05, 3.63) is 23.3 Å². The van der Waals surface area contributed by atoms with Crippen molar-refractivity contribution < 1.29 is 9.90 Å². The summed E-state index contributed by atoms with van der Waals surface area (Å²) in [4.78, 5) is 14.5. The van der Waals surface area contributed by atoms with Crippen LogP contribution < -0.4 is 0 Å². The van der Waals surface area contributed by atoms with Gasteiger partial charge in [-0.25, -0.2) is 4.99 Å². The first-order valence-electron chi connectivity index (χ1n) is 3.14. The smallest absolute Gasteiger partial charge is 0.273 e. The number of rotatable bonds is 0. The lowest BCUT2D eigenvalue weighted by Crippen LogP contribution is -2.15. The molecule has 0 aromatic rings. The molecule has 4 heteroatoms. The van der Waals surface area contributed by atoms with Crippen molar-refractivity contribution in [2.75, 3.05) is 0 Å². The predicted molar refractivity (Wildman–Crippen MR) is 43.4 cm³/mol. The number of hydrogen-bond acceptors (Lipinski definition) is 3. The van der Waals surface area contributed by atoms with Crippen LogP contribution in [-0.4, -0.2) is 16.1 Å². The zero-order valence-corrected chi connectivity index (χ0v) is 6.34. The molecule has 1 N–H and O–H groups in total. The Bertz CT molecular complexity index is 304. The van der Waals surface area contributed by atoms with E-state index in [0.717, 1.165) is 6.08 Å². The van der Waals surface area contributed by atoms with Crippen molar-refractivity contribution in [3.63, 3.8) is 0 Å². The minimum atomic E-state index is -0.370. The third kappa shape index (κ3) is 0.991. The van der Waals surface area contributed by atoms with Crippen molar-refractivity contribution in [2.24, 2.45) is 10.9 Å². The number of aliphatic hydroxyl groups is 1. The van der Waals surface area contributed by atoms with E-state index in [1.165, 1.54) is 11.8 Å². The Kier molecular flexibility index (Phi) is 1.35. The van der Waals surface area contributed by atoms with Gasteiger partial charge in [-0.3, -0.25) is 4.79 Å². The number of thioether (sulfide) groups is 1. The van der Waals surface area contributed by atoms with Crippen LogP contribution in [0.5, 0.6) is 0 Å². The summed E-state index contributed by atoms with van der Waals surface area (Å²) in [5, 5.41) is 11.7. The summed E-state index contributed by atoms with van der Waals surface area (Å²) in [6.45, 7) is 0. The standard InChI is InChI=1S/C7H5NO2S/c9-5-3-6(10)8-7-4(5)1-2-11-7/h1-4,9H. The number of fused-ring (bicyclic) bond motifs is 1. The maximum absolute atomic E-state index is 10.8. The Morgan fingerprint density at radius 2 is 2.45 bits per heavy atom. The second-order valence-electron chi connectivity index (χ2n) is 2.28. The van der Waals surface area contributed by atoms with Gasteiger partial charge in [0.2, 0.25) is 0 Å². The van der Waals surface area contributed by atoms with E-state index in [4.69, 9.17) is 0 Å². The molecule has 2 heterocycles. The topological polar surface area (TPSA) is 49.7 Å². The zero-order chi connectivity index (χ0) is 7.84. The molecule has 11 heavy (non-hydrogen) atoms. The van der Waals surface area contributed by atoms with E-state index in [0.29, 0.717) is 5.04 Å². The van der Waals surface area contributed by atoms with Crippen LogP contribution >= 0.6 is 11.8 Å². The minimum Gasteiger partial charge on any atom is -0.511 e. The van der Waals surface area contributed by atoms with Gasteiger partial charge in [0.25, 0.3) is 5.91 Å². The van der Waals surface area contributed by atoms with Gasteiger partial charge in [-0.05, 0) is 5.41 Å². The molecule has 1 amide bonds. The van der Waals surface area contributed by atoms with E-state index in [2.05, 4.69) is 4.99 Å². The molecule has 0 saturated heterocycles. The van der Waals surface area contributed by atoms with Gasteiger partial charge in [0.05, 0.1) is 11.0 Å². The van der Waals surface area contributed by atoms with Gasteiger partial charge in [-0.2, -0.15) is 0 Å². The molecule has 0 spiro atoms. The van der Waals surface area contributed by atoms with Crippen molar-refractivity contribution >= 4 is 22.7 Å². The second-order valence-corrected chi connectivity index (χ2v) is 3.21. The lowest BCUT2D eigenvalue weighted by molar-refractivity contribution is -0.113. The van der Waals surface area contributed by atoms with Gasteiger partial charge in [-0.15, -0.1) is 0 Å². The molecule has 2 rings (SSSR count). The maximum Gasteiger partial charge on any atom is 0.273 e. The molecule has 0 bridgehead atoms. The highest BCUT2D eigenvalue weighted by Crippen LogP contribution is 2.31. The number of carbonyl (C=O) groups is 1. The molecule has 0 aliphatic carbocycles. The molecule has 0 radical (unpaired) electrons. The van der Waals surface area contributed by atoms with Gasteiger partial charge in [0.15, 0.2) is 0 Å². The summed E-state index contributed by atoms with van der Waals surface area (Å²) < 4.78 is 0. The molecular formula is C7H5NO2S. The third-order valence-corrected chi connectivity index (χ3v) is 2.42. The number of nitrogens with zero attached hydrogens (tertiary/aromatic N) is 1. The Balaban J connectivity index is 2.41. The number of aliphatic hydroxyl groups excluding tert-OH is 1. The van der Waals surface area contributed by atoms with Gasteiger partial charge < -0.3 is 5.11 Å². The van der Waals surface area contributed by atoms with Crippen molar-refractivity contribution in [1.82, 2.24) is 0 Å². The third-order valence-electron chi connectivity index (χ3n) is 1.54. The van der Waals surface area contributed by atoms with Crippen molar-refractivity contribution in [1.29, 1.82) is 0 Å². The SMILES string of the molecule is O=C1C=C(O)C2C=CSC2=N1. The molecule has 0 fully saturated rings. The van der Waals surface area contributed by atoms with E-state index < -0.39 is 0 Å². The van der Waals surface area contributed by atoms with Gasteiger partial charge in [0, 0.05) is 6.08 Å². The summed E-state index contributed by atoms with van der Waals surface area (Å²) in [5.74, 6) is -0.427. The second kappa shape index (κ2) is 2.23. The maximum atomic E-state index is 10.8. The quantitative estimate of drug-likeness (QED) is 0.590. The van der Waals surface area contributed by atoms with Gasteiger partial charge in [0.1, 0.15) is 5.76 Å². The first-order valence-corrected chi connectivity index (χ1v) is 4.02. The van der Waals surface area contributed by atoms with Gasteiger partial charge in [-0.1, -0.05) is 17.8 Å². The Labute approximate surface area is 67.5 Å². The summed E-state index contributed by atoms with van der Waals surface area (Å²) in [7, 11) is 0. The van der Waals surface area contributed by atoms with E-state index in [1.54, 1.807) is 0 Å². The minimum absolute atomic E-state index is 0.0984. The van der Waals surface area contributed by atoms with Crippen LogP contribution in [-0.2, 0) is 4.79 Å². The molecule has 0 saturated carbocycles. The van der Waals surface area contributed by atoms with E-state index in [1.807, 2.05) is 11.5 Å². The average molecular weight is 167 g/mol. The largest absolute Gasteiger partial charge is 0.511 e. The zero-order valence-electron chi connectivity index (χ0n) is 5.52. The van der Waals surface area contributed by atoms with Crippen molar-refractivity contribution in [3.8, 4) is 0 Å².